The first kappa shape index (κ1) is 14.0. The number of carbonyl (C=O) groups excluding carboxylic acids is 1. The molecule has 0 unspecified atom stereocenters. The van der Waals surface area contributed by atoms with Gasteiger partial charge in [0.05, 0.1) is 17.1 Å². The van der Waals surface area contributed by atoms with Crippen molar-refractivity contribution >= 4 is 17.7 Å². The Morgan fingerprint density at radius 1 is 1.19 bits per heavy atom. The van der Waals surface area contributed by atoms with E-state index in [2.05, 4.69) is 15.0 Å². The standard InChI is InChI=1S/C15H15N3O2S/c19-14(20-11-4-3-5-11)10-21-15-17-9-7-13(18-15)12-6-1-2-8-16-12/h1-2,6-9,11H,3-5,10H2. The van der Waals surface area contributed by atoms with Crippen molar-refractivity contribution in [2.24, 2.45) is 0 Å². The Labute approximate surface area is 127 Å². The molecule has 0 aliphatic heterocycles. The minimum atomic E-state index is -0.198. The highest BCUT2D eigenvalue weighted by molar-refractivity contribution is 7.99. The van der Waals surface area contributed by atoms with Crippen LogP contribution in [-0.2, 0) is 9.53 Å². The number of hydrogen-bond acceptors (Lipinski definition) is 6. The molecule has 6 heteroatoms. The van der Waals surface area contributed by atoms with Gasteiger partial charge in [0.1, 0.15) is 6.10 Å². The van der Waals surface area contributed by atoms with Crippen molar-refractivity contribution in [3.8, 4) is 11.4 Å². The number of thioether (sulfide) groups is 1. The van der Waals surface area contributed by atoms with Gasteiger partial charge in [-0.2, -0.15) is 0 Å². The third-order valence-corrected chi connectivity index (χ3v) is 4.07. The maximum atomic E-state index is 11.7. The summed E-state index contributed by atoms with van der Waals surface area (Å²) in [5, 5.41) is 0.559. The number of aromatic nitrogens is 3. The van der Waals surface area contributed by atoms with Crippen LogP contribution in [0, 0.1) is 0 Å². The monoisotopic (exact) mass is 301 g/mol. The predicted molar refractivity (Wildman–Crippen MR) is 79.7 cm³/mol. The van der Waals surface area contributed by atoms with Crippen LogP contribution in [0.3, 0.4) is 0 Å². The molecule has 1 fully saturated rings. The van der Waals surface area contributed by atoms with E-state index in [0.29, 0.717) is 5.16 Å². The number of esters is 1. The van der Waals surface area contributed by atoms with Crippen LogP contribution in [0.1, 0.15) is 19.3 Å². The molecule has 0 N–H and O–H groups in total. The topological polar surface area (TPSA) is 65.0 Å². The van der Waals surface area contributed by atoms with Gasteiger partial charge < -0.3 is 4.74 Å². The summed E-state index contributed by atoms with van der Waals surface area (Å²) in [7, 11) is 0. The van der Waals surface area contributed by atoms with Crippen LogP contribution in [-0.4, -0.2) is 32.8 Å². The number of pyridine rings is 1. The highest BCUT2D eigenvalue weighted by Crippen LogP contribution is 2.23. The Balaban J connectivity index is 1.59. The Morgan fingerprint density at radius 2 is 2.10 bits per heavy atom. The molecule has 1 aliphatic rings. The Hall–Kier alpha value is -1.95. The summed E-state index contributed by atoms with van der Waals surface area (Å²) in [6, 6.07) is 7.46. The number of nitrogens with zero attached hydrogens (tertiary/aromatic N) is 3. The van der Waals surface area contributed by atoms with Crippen LogP contribution < -0.4 is 0 Å². The van der Waals surface area contributed by atoms with Gasteiger partial charge in [-0.25, -0.2) is 9.97 Å². The molecule has 0 bridgehead atoms. The lowest BCUT2D eigenvalue weighted by Crippen LogP contribution is -2.25. The van der Waals surface area contributed by atoms with Gasteiger partial charge in [0, 0.05) is 12.4 Å². The minimum Gasteiger partial charge on any atom is -0.462 e. The molecule has 2 aromatic rings. The Morgan fingerprint density at radius 3 is 2.81 bits per heavy atom. The summed E-state index contributed by atoms with van der Waals surface area (Å²) in [6.45, 7) is 0. The molecule has 21 heavy (non-hydrogen) atoms. The van der Waals surface area contributed by atoms with E-state index in [1.807, 2.05) is 18.2 Å². The van der Waals surface area contributed by atoms with Gasteiger partial charge in [0.2, 0.25) is 0 Å². The van der Waals surface area contributed by atoms with E-state index in [0.717, 1.165) is 30.7 Å². The highest BCUT2D eigenvalue weighted by atomic mass is 32.2. The second-order valence-electron chi connectivity index (χ2n) is 4.77. The number of ether oxygens (including phenoxy) is 1. The Bertz CT molecular complexity index is 617. The largest absolute Gasteiger partial charge is 0.462 e. The molecule has 0 aromatic carbocycles. The van der Waals surface area contributed by atoms with Crippen LogP contribution in [0.5, 0.6) is 0 Å². The third kappa shape index (κ3) is 3.78. The molecule has 1 aliphatic carbocycles. The summed E-state index contributed by atoms with van der Waals surface area (Å²) in [4.78, 5) is 24.5. The molecule has 3 rings (SSSR count). The van der Waals surface area contributed by atoms with Gasteiger partial charge in [-0.3, -0.25) is 9.78 Å². The number of hydrogen-bond donors (Lipinski definition) is 0. The molecule has 108 valence electrons. The number of carbonyl (C=O) groups is 1. The van der Waals surface area contributed by atoms with Gasteiger partial charge in [-0.1, -0.05) is 17.8 Å². The molecule has 1 saturated carbocycles. The lowest BCUT2D eigenvalue weighted by atomic mass is 9.96. The van der Waals surface area contributed by atoms with Gasteiger partial charge in [-0.05, 0) is 37.5 Å². The van der Waals surface area contributed by atoms with E-state index in [-0.39, 0.29) is 17.8 Å². The maximum absolute atomic E-state index is 11.7. The first-order valence-electron chi connectivity index (χ1n) is 6.88. The lowest BCUT2D eigenvalue weighted by Gasteiger charge is -2.24. The molecular weight excluding hydrogens is 286 g/mol. The fourth-order valence-electron chi connectivity index (χ4n) is 1.90. The first-order valence-corrected chi connectivity index (χ1v) is 7.86. The second kappa shape index (κ2) is 6.67. The molecule has 0 radical (unpaired) electrons. The van der Waals surface area contributed by atoms with Crippen molar-refractivity contribution in [2.75, 3.05) is 5.75 Å². The average Bonchev–Trinajstić information content (AvgIpc) is 2.50. The molecule has 2 aromatic heterocycles. The van der Waals surface area contributed by atoms with E-state index in [9.17, 15) is 4.79 Å². The van der Waals surface area contributed by atoms with Gasteiger partial charge >= 0.3 is 5.97 Å². The summed E-state index contributed by atoms with van der Waals surface area (Å²) in [5.41, 5.74) is 1.54. The molecule has 0 atom stereocenters. The fourth-order valence-corrected chi connectivity index (χ4v) is 2.51. The zero-order valence-electron chi connectivity index (χ0n) is 11.4. The van der Waals surface area contributed by atoms with Gasteiger partial charge in [0.15, 0.2) is 5.16 Å². The van der Waals surface area contributed by atoms with Crippen molar-refractivity contribution in [3.05, 3.63) is 36.7 Å². The third-order valence-electron chi connectivity index (χ3n) is 3.23. The smallest absolute Gasteiger partial charge is 0.316 e. The van der Waals surface area contributed by atoms with Crippen LogP contribution in [0.25, 0.3) is 11.4 Å². The van der Waals surface area contributed by atoms with Gasteiger partial charge in [-0.15, -0.1) is 0 Å². The zero-order valence-corrected chi connectivity index (χ0v) is 12.3. The first-order chi connectivity index (χ1) is 10.3. The van der Waals surface area contributed by atoms with Crippen LogP contribution >= 0.6 is 11.8 Å². The summed E-state index contributed by atoms with van der Waals surface area (Å²) in [6.07, 6.45) is 6.65. The van der Waals surface area contributed by atoms with E-state index >= 15 is 0 Å². The van der Waals surface area contributed by atoms with Crippen molar-refractivity contribution in [3.63, 3.8) is 0 Å². The zero-order chi connectivity index (χ0) is 14.5. The van der Waals surface area contributed by atoms with E-state index in [1.165, 1.54) is 11.8 Å². The molecule has 0 amide bonds. The van der Waals surface area contributed by atoms with Crippen molar-refractivity contribution in [1.29, 1.82) is 0 Å². The van der Waals surface area contributed by atoms with E-state index in [1.54, 1.807) is 18.5 Å². The van der Waals surface area contributed by atoms with E-state index in [4.69, 9.17) is 4.74 Å². The fraction of sp³-hybridized carbons (Fsp3) is 0.333. The van der Waals surface area contributed by atoms with E-state index < -0.39 is 0 Å². The predicted octanol–water partition coefficient (Wildman–Crippen LogP) is 2.73. The Kier molecular flexibility index (Phi) is 4.45. The molecule has 0 spiro atoms. The SMILES string of the molecule is O=C(CSc1nccc(-c2ccccn2)n1)OC1CCC1. The molecule has 0 saturated heterocycles. The van der Waals surface area contributed by atoms with Crippen molar-refractivity contribution in [1.82, 2.24) is 15.0 Å². The van der Waals surface area contributed by atoms with Crippen molar-refractivity contribution in [2.45, 2.75) is 30.5 Å². The summed E-state index contributed by atoms with van der Waals surface area (Å²) in [5.74, 6) is 0.0406. The van der Waals surface area contributed by atoms with Crippen LogP contribution in [0.4, 0.5) is 0 Å². The highest BCUT2D eigenvalue weighted by Gasteiger charge is 2.21. The average molecular weight is 301 g/mol. The van der Waals surface area contributed by atoms with Crippen molar-refractivity contribution < 1.29 is 9.53 Å². The quantitative estimate of drug-likeness (QED) is 0.480. The summed E-state index contributed by atoms with van der Waals surface area (Å²) >= 11 is 1.29. The lowest BCUT2D eigenvalue weighted by molar-refractivity contribution is -0.149. The molecule has 2 heterocycles. The van der Waals surface area contributed by atoms with Crippen LogP contribution in [0.15, 0.2) is 41.8 Å². The number of rotatable bonds is 5. The summed E-state index contributed by atoms with van der Waals surface area (Å²) < 4.78 is 5.30. The normalized spacial score (nSPS) is 14.5. The maximum Gasteiger partial charge on any atom is 0.316 e. The van der Waals surface area contributed by atoms with Gasteiger partial charge in [0.25, 0.3) is 0 Å². The molecule has 5 nitrogen and oxygen atoms in total. The molecular formula is C15H15N3O2S. The second-order valence-corrected chi connectivity index (χ2v) is 5.71. The minimum absolute atomic E-state index is 0.124. The van der Waals surface area contributed by atoms with Crippen LogP contribution in [0.2, 0.25) is 0 Å².